The lowest BCUT2D eigenvalue weighted by atomic mass is 9.86. The van der Waals surface area contributed by atoms with Gasteiger partial charge in [-0.15, -0.1) is 0 Å². The largest absolute Gasteiger partial charge is 0.314 e. The topological polar surface area (TPSA) is 53.6 Å². The fourth-order valence-corrected chi connectivity index (χ4v) is 2.51. The second-order valence-electron chi connectivity index (χ2n) is 4.86. The SMILES string of the molecule is CC1CCCCC1NCCCc1ncn[nH]1. The molecule has 4 nitrogen and oxygen atoms in total. The molecule has 4 heteroatoms. The van der Waals surface area contributed by atoms with Crippen molar-refractivity contribution < 1.29 is 0 Å². The first kappa shape index (κ1) is 11.6. The van der Waals surface area contributed by atoms with Crippen LogP contribution >= 0.6 is 0 Å². The number of nitrogens with one attached hydrogen (secondary N) is 2. The third kappa shape index (κ3) is 3.30. The Morgan fingerprint density at radius 2 is 2.31 bits per heavy atom. The summed E-state index contributed by atoms with van der Waals surface area (Å²) in [4.78, 5) is 4.12. The molecule has 0 bridgehead atoms. The van der Waals surface area contributed by atoms with Crippen molar-refractivity contribution in [3.8, 4) is 0 Å². The zero-order valence-electron chi connectivity index (χ0n) is 10.1. The number of hydrogen-bond acceptors (Lipinski definition) is 3. The summed E-state index contributed by atoms with van der Waals surface area (Å²) in [6.07, 6.45) is 9.25. The lowest BCUT2D eigenvalue weighted by Gasteiger charge is -2.29. The summed E-state index contributed by atoms with van der Waals surface area (Å²) in [5.74, 6) is 1.84. The van der Waals surface area contributed by atoms with Crippen LogP contribution in [0.25, 0.3) is 0 Å². The molecule has 0 amide bonds. The first-order chi connectivity index (χ1) is 7.86. The van der Waals surface area contributed by atoms with Crippen molar-refractivity contribution in [3.63, 3.8) is 0 Å². The van der Waals surface area contributed by atoms with Crippen molar-refractivity contribution in [2.75, 3.05) is 6.54 Å². The monoisotopic (exact) mass is 222 g/mol. The van der Waals surface area contributed by atoms with Crippen LogP contribution in [0.4, 0.5) is 0 Å². The second kappa shape index (κ2) is 5.99. The molecule has 90 valence electrons. The lowest BCUT2D eigenvalue weighted by Crippen LogP contribution is -2.37. The van der Waals surface area contributed by atoms with Crippen molar-refractivity contribution in [1.82, 2.24) is 20.5 Å². The fraction of sp³-hybridized carbons (Fsp3) is 0.833. The Balaban J connectivity index is 1.60. The van der Waals surface area contributed by atoms with E-state index in [-0.39, 0.29) is 0 Å². The van der Waals surface area contributed by atoms with Gasteiger partial charge in [0, 0.05) is 12.5 Å². The number of aryl methyl sites for hydroxylation is 1. The summed E-state index contributed by atoms with van der Waals surface area (Å²) >= 11 is 0. The molecule has 0 saturated heterocycles. The van der Waals surface area contributed by atoms with Gasteiger partial charge in [-0.05, 0) is 31.7 Å². The van der Waals surface area contributed by atoms with Crippen LogP contribution in [-0.2, 0) is 6.42 Å². The highest BCUT2D eigenvalue weighted by Gasteiger charge is 2.19. The molecule has 1 heterocycles. The quantitative estimate of drug-likeness (QED) is 0.748. The number of aromatic amines is 1. The van der Waals surface area contributed by atoms with Crippen molar-refractivity contribution >= 4 is 0 Å². The Hall–Kier alpha value is -0.900. The van der Waals surface area contributed by atoms with Crippen molar-refractivity contribution in [3.05, 3.63) is 12.2 Å². The van der Waals surface area contributed by atoms with E-state index in [0.29, 0.717) is 0 Å². The van der Waals surface area contributed by atoms with Crippen LogP contribution in [0.1, 0.15) is 44.9 Å². The summed E-state index contributed by atoms with van der Waals surface area (Å²) < 4.78 is 0. The standard InChI is InChI=1S/C12H22N4/c1-10-5-2-3-6-11(10)13-8-4-7-12-14-9-15-16-12/h9-11,13H,2-8H2,1H3,(H,14,15,16). The second-order valence-corrected chi connectivity index (χ2v) is 4.86. The molecule has 2 N–H and O–H groups in total. The molecule has 1 saturated carbocycles. The molecule has 0 aliphatic heterocycles. The Morgan fingerprint density at radius 1 is 1.44 bits per heavy atom. The van der Waals surface area contributed by atoms with E-state index in [4.69, 9.17) is 0 Å². The van der Waals surface area contributed by atoms with Crippen LogP contribution < -0.4 is 5.32 Å². The normalized spacial score (nSPS) is 25.8. The van der Waals surface area contributed by atoms with E-state index in [1.165, 1.54) is 25.7 Å². The average Bonchev–Trinajstić information content (AvgIpc) is 2.79. The van der Waals surface area contributed by atoms with Gasteiger partial charge < -0.3 is 5.32 Å². The smallest absolute Gasteiger partial charge is 0.137 e. The predicted octanol–water partition coefficient (Wildman–Crippen LogP) is 1.91. The van der Waals surface area contributed by atoms with Gasteiger partial charge in [-0.3, -0.25) is 5.10 Å². The van der Waals surface area contributed by atoms with Gasteiger partial charge >= 0.3 is 0 Å². The number of H-pyrrole nitrogens is 1. The Morgan fingerprint density at radius 3 is 3.06 bits per heavy atom. The minimum absolute atomic E-state index is 0.739. The van der Waals surface area contributed by atoms with Crippen molar-refractivity contribution in [1.29, 1.82) is 0 Å². The predicted molar refractivity (Wildman–Crippen MR) is 64.1 cm³/mol. The molecule has 1 aromatic heterocycles. The van der Waals surface area contributed by atoms with Gasteiger partial charge in [0.05, 0.1) is 0 Å². The molecule has 0 radical (unpaired) electrons. The van der Waals surface area contributed by atoms with Crippen LogP contribution in [0.5, 0.6) is 0 Å². The maximum absolute atomic E-state index is 4.12. The van der Waals surface area contributed by atoms with Crippen molar-refractivity contribution in [2.24, 2.45) is 5.92 Å². The molecule has 0 aromatic carbocycles. The van der Waals surface area contributed by atoms with E-state index >= 15 is 0 Å². The number of aromatic nitrogens is 3. The molecule has 1 fully saturated rings. The van der Waals surface area contributed by atoms with Crippen molar-refractivity contribution in [2.45, 2.75) is 51.5 Å². The molecule has 2 rings (SSSR count). The Bertz CT molecular complexity index is 283. The van der Waals surface area contributed by atoms with E-state index in [1.54, 1.807) is 6.33 Å². The highest BCUT2D eigenvalue weighted by molar-refractivity contribution is 4.81. The van der Waals surface area contributed by atoms with Gasteiger partial charge in [0.15, 0.2) is 0 Å². The molecule has 0 spiro atoms. The van der Waals surface area contributed by atoms with Gasteiger partial charge in [-0.1, -0.05) is 19.8 Å². The van der Waals surface area contributed by atoms with Gasteiger partial charge in [-0.25, -0.2) is 4.98 Å². The zero-order valence-corrected chi connectivity index (χ0v) is 10.1. The van der Waals surface area contributed by atoms with E-state index in [1.807, 2.05) is 0 Å². The van der Waals surface area contributed by atoms with Gasteiger partial charge in [-0.2, -0.15) is 5.10 Å². The molecule has 1 aliphatic carbocycles. The molecule has 1 aliphatic rings. The first-order valence-corrected chi connectivity index (χ1v) is 6.44. The summed E-state index contributed by atoms with van der Waals surface area (Å²) in [5, 5.41) is 10.4. The third-order valence-electron chi connectivity index (χ3n) is 3.57. The van der Waals surface area contributed by atoms with Crippen LogP contribution in [0.2, 0.25) is 0 Å². The number of hydrogen-bond donors (Lipinski definition) is 2. The Kier molecular flexibility index (Phi) is 4.34. The average molecular weight is 222 g/mol. The zero-order chi connectivity index (χ0) is 11.2. The van der Waals surface area contributed by atoms with Crippen LogP contribution in [-0.4, -0.2) is 27.8 Å². The molecular weight excluding hydrogens is 200 g/mol. The summed E-state index contributed by atoms with van der Waals surface area (Å²) in [6.45, 7) is 3.46. The fourth-order valence-electron chi connectivity index (χ4n) is 2.51. The molecule has 2 unspecified atom stereocenters. The summed E-state index contributed by atoms with van der Waals surface area (Å²) in [5.41, 5.74) is 0. The molecular formula is C12H22N4. The highest BCUT2D eigenvalue weighted by atomic mass is 15.2. The van der Waals surface area contributed by atoms with Gasteiger partial charge in [0.2, 0.25) is 0 Å². The minimum Gasteiger partial charge on any atom is -0.314 e. The maximum atomic E-state index is 4.12. The van der Waals surface area contributed by atoms with Crippen LogP contribution in [0, 0.1) is 5.92 Å². The van der Waals surface area contributed by atoms with Crippen LogP contribution in [0.15, 0.2) is 6.33 Å². The third-order valence-corrected chi connectivity index (χ3v) is 3.57. The highest BCUT2D eigenvalue weighted by Crippen LogP contribution is 2.23. The minimum atomic E-state index is 0.739. The maximum Gasteiger partial charge on any atom is 0.137 e. The molecule has 16 heavy (non-hydrogen) atoms. The number of rotatable bonds is 5. The van der Waals surface area contributed by atoms with E-state index in [9.17, 15) is 0 Å². The first-order valence-electron chi connectivity index (χ1n) is 6.44. The molecule has 1 aromatic rings. The Labute approximate surface area is 97.2 Å². The van der Waals surface area contributed by atoms with E-state index in [2.05, 4.69) is 27.4 Å². The van der Waals surface area contributed by atoms with Crippen LogP contribution in [0.3, 0.4) is 0 Å². The lowest BCUT2D eigenvalue weighted by molar-refractivity contribution is 0.280. The van der Waals surface area contributed by atoms with E-state index < -0.39 is 0 Å². The van der Waals surface area contributed by atoms with Gasteiger partial charge in [0.25, 0.3) is 0 Å². The number of nitrogens with zero attached hydrogens (tertiary/aromatic N) is 2. The van der Waals surface area contributed by atoms with E-state index in [0.717, 1.165) is 37.2 Å². The summed E-state index contributed by atoms with van der Waals surface area (Å²) in [6, 6.07) is 0.739. The summed E-state index contributed by atoms with van der Waals surface area (Å²) in [7, 11) is 0. The molecule has 2 atom stereocenters. The van der Waals surface area contributed by atoms with Gasteiger partial charge in [0.1, 0.15) is 12.2 Å².